The molecule has 0 fully saturated rings. The Labute approximate surface area is 84.0 Å². The third-order valence-corrected chi connectivity index (χ3v) is 2.72. The van der Waals surface area contributed by atoms with Crippen molar-refractivity contribution in [3.63, 3.8) is 0 Å². The van der Waals surface area contributed by atoms with E-state index < -0.39 is 0 Å². The van der Waals surface area contributed by atoms with Gasteiger partial charge in [0.05, 0.1) is 11.4 Å². The van der Waals surface area contributed by atoms with Gasteiger partial charge in [0.1, 0.15) is 0 Å². The van der Waals surface area contributed by atoms with Crippen molar-refractivity contribution in [2.75, 3.05) is 6.54 Å². The smallest absolute Gasteiger partial charge is 0.0800 e. The predicted octanol–water partition coefficient (Wildman–Crippen LogP) is 2.40. The van der Waals surface area contributed by atoms with E-state index in [9.17, 15) is 0 Å². The van der Waals surface area contributed by atoms with Crippen molar-refractivity contribution in [2.24, 2.45) is 5.73 Å². The molecule has 0 unspecified atom stereocenters. The van der Waals surface area contributed by atoms with Crippen molar-refractivity contribution in [1.82, 2.24) is 0 Å². The van der Waals surface area contributed by atoms with Crippen LogP contribution in [0.3, 0.4) is 0 Å². The van der Waals surface area contributed by atoms with Crippen LogP contribution in [0.2, 0.25) is 0 Å². The van der Waals surface area contributed by atoms with Gasteiger partial charge >= 0.3 is 0 Å². The third kappa shape index (κ3) is 3.22. The highest BCUT2D eigenvalue weighted by atomic mass is 32.1. The molecule has 70 valence electrons. The molecule has 1 heterocycles. The summed E-state index contributed by atoms with van der Waals surface area (Å²) in [6.45, 7) is 2.66. The van der Waals surface area contributed by atoms with E-state index in [0.717, 1.165) is 6.42 Å². The number of hydrogen-bond acceptors (Lipinski definition) is 2. The number of nitrogens with two attached hydrogens (primary N) is 1. The minimum absolute atomic E-state index is 0.450. The van der Waals surface area contributed by atoms with Gasteiger partial charge in [-0.15, -0.1) is 11.3 Å². The second kappa shape index (κ2) is 5.80. The Bertz CT molecular complexity index is 303. The van der Waals surface area contributed by atoms with Gasteiger partial charge in [-0.3, -0.25) is 0 Å². The molecule has 0 atom stereocenters. The van der Waals surface area contributed by atoms with Gasteiger partial charge in [0.25, 0.3) is 0 Å². The first kappa shape index (κ1) is 10.3. The van der Waals surface area contributed by atoms with Crippen LogP contribution >= 0.6 is 11.3 Å². The van der Waals surface area contributed by atoms with E-state index in [4.69, 9.17) is 5.73 Å². The van der Waals surface area contributed by atoms with E-state index in [-0.39, 0.29) is 0 Å². The predicted molar refractivity (Wildman–Crippen MR) is 58.9 cm³/mol. The highest BCUT2D eigenvalue weighted by Crippen LogP contribution is 2.17. The summed E-state index contributed by atoms with van der Waals surface area (Å²) in [5.74, 6) is 6.00. The number of rotatable bonds is 3. The molecule has 0 aliphatic rings. The largest absolute Gasteiger partial charge is 0.320 e. The first-order valence-electron chi connectivity index (χ1n) is 4.63. The van der Waals surface area contributed by atoms with Gasteiger partial charge in [-0.1, -0.05) is 25.2 Å². The molecule has 0 aromatic carbocycles. The molecule has 0 amide bonds. The van der Waals surface area contributed by atoms with E-state index in [0.29, 0.717) is 6.54 Å². The van der Waals surface area contributed by atoms with E-state index in [1.54, 1.807) is 11.3 Å². The van der Waals surface area contributed by atoms with Crippen LogP contribution in [-0.4, -0.2) is 6.54 Å². The average Bonchev–Trinajstić information content (AvgIpc) is 2.59. The zero-order valence-electron chi connectivity index (χ0n) is 7.97. The van der Waals surface area contributed by atoms with Gasteiger partial charge in [0.2, 0.25) is 0 Å². The van der Waals surface area contributed by atoms with Gasteiger partial charge in [0, 0.05) is 0 Å². The molecule has 0 saturated heterocycles. The number of unbranched alkanes of at least 4 members (excludes halogenated alkanes) is 1. The monoisotopic (exact) mass is 193 g/mol. The van der Waals surface area contributed by atoms with E-state index in [1.807, 2.05) is 0 Å². The maximum atomic E-state index is 5.33. The Morgan fingerprint density at radius 3 is 3.08 bits per heavy atom. The Hall–Kier alpha value is -0.780. The summed E-state index contributed by atoms with van der Waals surface area (Å²) in [5, 5.41) is 2.10. The molecular weight excluding hydrogens is 178 g/mol. The van der Waals surface area contributed by atoms with Gasteiger partial charge in [0.15, 0.2) is 0 Å². The molecular formula is C11H15NS. The second-order valence-electron chi connectivity index (χ2n) is 2.88. The van der Waals surface area contributed by atoms with Gasteiger partial charge in [-0.05, 0) is 29.9 Å². The first-order chi connectivity index (χ1) is 6.38. The number of aryl methyl sites for hydroxylation is 1. The quantitative estimate of drug-likeness (QED) is 0.733. The van der Waals surface area contributed by atoms with Crippen molar-refractivity contribution in [2.45, 2.75) is 26.2 Å². The number of hydrogen-bond donors (Lipinski definition) is 1. The van der Waals surface area contributed by atoms with Crippen molar-refractivity contribution in [3.05, 3.63) is 21.9 Å². The minimum atomic E-state index is 0.450. The van der Waals surface area contributed by atoms with Crippen LogP contribution < -0.4 is 5.73 Å². The topological polar surface area (TPSA) is 26.0 Å². The van der Waals surface area contributed by atoms with Crippen molar-refractivity contribution in [3.8, 4) is 11.8 Å². The molecule has 1 nitrogen and oxygen atoms in total. The molecule has 13 heavy (non-hydrogen) atoms. The van der Waals surface area contributed by atoms with E-state index >= 15 is 0 Å². The van der Waals surface area contributed by atoms with Crippen LogP contribution in [0.15, 0.2) is 11.4 Å². The molecule has 0 bridgehead atoms. The highest BCUT2D eigenvalue weighted by molar-refractivity contribution is 7.10. The summed E-state index contributed by atoms with van der Waals surface area (Å²) in [6, 6.07) is 2.17. The Morgan fingerprint density at radius 1 is 1.54 bits per heavy atom. The fraction of sp³-hybridized carbons (Fsp3) is 0.455. The molecule has 1 aromatic heterocycles. The Kier molecular flexibility index (Phi) is 4.59. The summed E-state index contributed by atoms with van der Waals surface area (Å²) in [6.07, 6.45) is 3.63. The maximum Gasteiger partial charge on any atom is 0.0800 e. The molecule has 0 saturated carbocycles. The summed E-state index contributed by atoms with van der Waals surface area (Å²) in [4.78, 5) is 1.19. The van der Waals surface area contributed by atoms with Crippen LogP contribution in [0.1, 0.15) is 30.2 Å². The fourth-order valence-electron chi connectivity index (χ4n) is 1.14. The lowest BCUT2D eigenvalue weighted by molar-refractivity contribution is 0.796. The summed E-state index contributed by atoms with van der Waals surface area (Å²) < 4.78 is 0. The lowest BCUT2D eigenvalue weighted by Gasteiger charge is -1.95. The van der Waals surface area contributed by atoms with Gasteiger partial charge < -0.3 is 5.73 Å². The standard InChI is InChI=1S/C11H15NS/c1-2-3-5-10-7-9-13-11(10)6-4-8-12/h7,9H,2-3,5,8,12H2,1H3. The van der Waals surface area contributed by atoms with Crippen LogP contribution in [0.25, 0.3) is 0 Å². The summed E-state index contributed by atoms with van der Waals surface area (Å²) in [7, 11) is 0. The van der Waals surface area contributed by atoms with Crippen LogP contribution in [0, 0.1) is 11.8 Å². The van der Waals surface area contributed by atoms with Gasteiger partial charge in [-0.25, -0.2) is 0 Å². The summed E-state index contributed by atoms with van der Waals surface area (Å²) in [5.41, 5.74) is 6.71. The maximum absolute atomic E-state index is 5.33. The molecule has 0 spiro atoms. The molecule has 1 rings (SSSR count). The zero-order valence-corrected chi connectivity index (χ0v) is 8.79. The molecule has 0 aliphatic carbocycles. The van der Waals surface area contributed by atoms with E-state index in [1.165, 1.54) is 23.3 Å². The Balaban J connectivity index is 2.65. The lowest BCUT2D eigenvalue weighted by Crippen LogP contribution is -1.93. The minimum Gasteiger partial charge on any atom is -0.320 e. The van der Waals surface area contributed by atoms with Crippen LogP contribution in [0.4, 0.5) is 0 Å². The zero-order chi connectivity index (χ0) is 9.52. The van der Waals surface area contributed by atoms with Crippen molar-refractivity contribution in [1.29, 1.82) is 0 Å². The molecule has 1 aromatic rings. The Morgan fingerprint density at radius 2 is 2.38 bits per heavy atom. The second-order valence-corrected chi connectivity index (χ2v) is 3.80. The SMILES string of the molecule is CCCCc1ccsc1C#CCN. The van der Waals surface area contributed by atoms with Gasteiger partial charge in [-0.2, -0.15) is 0 Å². The number of thiophene rings is 1. The highest BCUT2D eigenvalue weighted by Gasteiger charge is 1.99. The first-order valence-corrected chi connectivity index (χ1v) is 5.51. The fourth-order valence-corrected chi connectivity index (χ4v) is 1.96. The summed E-state index contributed by atoms with van der Waals surface area (Å²) >= 11 is 1.71. The lowest BCUT2D eigenvalue weighted by atomic mass is 10.1. The molecule has 0 radical (unpaired) electrons. The van der Waals surface area contributed by atoms with Crippen molar-refractivity contribution < 1.29 is 0 Å². The van der Waals surface area contributed by atoms with Crippen molar-refractivity contribution >= 4 is 11.3 Å². The van der Waals surface area contributed by atoms with Crippen LogP contribution in [0.5, 0.6) is 0 Å². The molecule has 2 N–H and O–H groups in total. The normalized spacial score (nSPS) is 9.38. The average molecular weight is 193 g/mol. The van der Waals surface area contributed by atoms with E-state index in [2.05, 4.69) is 30.2 Å². The molecule has 2 heteroatoms. The van der Waals surface area contributed by atoms with Crippen LogP contribution in [-0.2, 0) is 6.42 Å². The third-order valence-electron chi connectivity index (χ3n) is 1.85. The molecule has 0 aliphatic heterocycles.